The van der Waals surface area contributed by atoms with Crippen LogP contribution in [-0.2, 0) is 0 Å². The van der Waals surface area contributed by atoms with E-state index in [4.69, 9.17) is 0 Å². The van der Waals surface area contributed by atoms with Crippen molar-refractivity contribution >= 4 is 0 Å². The van der Waals surface area contributed by atoms with Gasteiger partial charge in [-0.15, -0.1) is 0 Å². The Morgan fingerprint density at radius 2 is 0.667 bits per heavy atom. The van der Waals surface area contributed by atoms with Crippen molar-refractivity contribution < 1.29 is 5.11 Å². The molecule has 36 heavy (non-hydrogen) atoms. The van der Waals surface area contributed by atoms with Crippen LogP contribution in [0.3, 0.4) is 0 Å². The molecule has 2 N–H and O–H groups in total. The molecule has 0 saturated heterocycles. The molecule has 0 heterocycles. The molecule has 2 heteroatoms. The molecule has 0 aromatic heterocycles. The van der Waals surface area contributed by atoms with Gasteiger partial charge in [0.25, 0.3) is 0 Å². The first kappa shape index (κ1) is 35.9. The van der Waals surface area contributed by atoms with Crippen molar-refractivity contribution in [1.29, 1.82) is 0 Å². The van der Waals surface area contributed by atoms with Gasteiger partial charge in [0.05, 0.1) is 6.10 Å². The molecule has 0 fully saturated rings. The van der Waals surface area contributed by atoms with E-state index in [1.807, 2.05) is 0 Å². The molecule has 0 saturated carbocycles. The Balaban J connectivity index is 3.13. The standard InChI is InChI=1S/C34H71NO/c1-3-5-7-9-11-13-15-17-19-21-23-25-27-29-31-34(36)33-35-32-30-28-26-24-22-20-18-16-14-12-10-8-6-4-2/h34-36H,3-33H2,1-2H3. The van der Waals surface area contributed by atoms with Crippen LogP contribution >= 0.6 is 0 Å². The molecular weight excluding hydrogens is 438 g/mol. The van der Waals surface area contributed by atoms with Crippen LogP contribution in [0.4, 0.5) is 0 Å². The van der Waals surface area contributed by atoms with Gasteiger partial charge in [-0.25, -0.2) is 0 Å². The minimum atomic E-state index is -0.144. The zero-order chi connectivity index (χ0) is 26.2. The Kier molecular flexibility index (Phi) is 32.9. The van der Waals surface area contributed by atoms with E-state index >= 15 is 0 Å². The number of aliphatic hydroxyl groups is 1. The van der Waals surface area contributed by atoms with Crippen LogP contribution in [0.25, 0.3) is 0 Å². The summed E-state index contributed by atoms with van der Waals surface area (Å²) in [4.78, 5) is 0. The van der Waals surface area contributed by atoms with E-state index < -0.39 is 0 Å². The van der Waals surface area contributed by atoms with Gasteiger partial charge in [0.15, 0.2) is 0 Å². The zero-order valence-corrected chi connectivity index (χ0v) is 25.4. The second kappa shape index (κ2) is 32.9. The Labute approximate surface area is 229 Å². The monoisotopic (exact) mass is 510 g/mol. The quantitative estimate of drug-likeness (QED) is 0.0883. The largest absolute Gasteiger partial charge is 0.392 e. The Hall–Kier alpha value is -0.0800. The highest BCUT2D eigenvalue weighted by atomic mass is 16.3. The van der Waals surface area contributed by atoms with Crippen molar-refractivity contribution in [1.82, 2.24) is 5.32 Å². The normalized spacial score (nSPS) is 12.4. The fourth-order valence-electron chi connectivity index (χ4n) is 5.39. The minimum absolute atomic E-state index is 0.144. The van der Waals surface area contributed by atoms with Gasteiger partial charge in [0.2, 0.25) is 0 Å². The van der Waals surface area contributed by atoms with Gasteiger partial charge in [-0.2, -0.15) is 0 Å². The Bertz CT molecular complexity index is 372. The van der Waals surface area contributed by atoms with Crippen LogP contribution < -0.4 is 5.32 Å². The van der Waals surface area contributed by atoms with Gasteiger partial charge >= 0.3 is 0 Å². The average Bonchev–Trinajstić information content (AvgIpc) is 2.88. The summed E-state index contributed by atoms with van der Waals surface area (Å²) in [5.41, 5.74) is 0. The summed E-state index contributed by atoms with van der Waals surface area (Å²) in [6.07, 6.45) is 40.2. The second-order valence-electron chi connectivity index (χ2n) is 11.8. The fourth-order valence-corrected chi connectivity index (χ4v) is 5.39. The third kappa shape index (κ3) is 31.9. The molecule has 218 valence electrons. The molecule has 0 rings (SSSR count). The fraction of sp³-hybridized carbons (Fsp3) is 1.00. The van der Waals surface area contributed by atoms with E-state index in [0.29, 0.717) is 0 Å². The topological polar surface area (TPSA) is 32.3 Å². The van der Waals surface area contributed by atoms with Crippen LogP contribution in [0.1, 0.15) is 200 Å². The SMILES string of the molecule is CCCCCCCCCCCCCCCCNCC(O)CCCCCCCCCCCCCCCC. The predicted molar refractivity (Wildman–Crippen MR) is 164 cm³/mol. The summed E-state index contributed by atoms with van der Waals surface area (Å²) >= 11 is 0. The first-order valence-electron chi connectivity index (χ1n) is 17.2. The van der Waals surface area contributed by atoms with Crippen molar-refractivity contribution in [2.45, 2.75) is 206 Å². The molecule has 0 amide bonds. The highest BCUT2D eigenvalue weighted by molar-refractivity contribution is 4.60. The Morgan fingerprint density at radius 1 is 0.389 bits per heavy atom. The van der Waals surface area contributed by atoms with E-state index in [1.165, 1.54) is 180 Å². The molecule has 0 aromatic carbocycles. The summed E-state index contributed by atoms with van der Waals surface area (Å²) in [5.74, 6) is 0. The summed E-state index contributed by atoms with van der Waals surface area (Å²) in [7, 11) is 0. The van der Waals surface area contributed by atoms with E-state index in [2.05, 4.69) is 19.2 Å². The maximum Gasteiger partial charge on any atom is 0.0664 e. The lowest BCUT2D eigenvalue weighted by Crippen LogP contribution is -2.27. The van der Waals surface area contributed by atoms with Crippen molar-refractivity contribution in [2.75, 3.05) is 13.1 Å². The third-order valence-corrected chi connectivity index (χ3v) is 7.98. The first-order chi connectivity index (χ1) is 17.8. The number of hydrogen-bond donors (Lipinski definition) is 2. The highest BCUT2D eigenvalue weighted by Gasteiger charge is 2.03. The van der Waals surface area contributed by atoms with Gasteiger partial charge in [0, 0.05) is 6.54 Å². The van der Waals surface area contributed by atoms with Crippen molar-refractivity contribution in [3.05, 3.63) is 0 Å². The number of rotatable bonds is 32. The summed E-state index contributed by atoms with van der Waals surface area (Å²) < 4.78 is 0. The molecule has 0 spiro atoms. The molecule has 0 aliphatic carbocycles. The maximum absolute atomic E-state index is 10.2. The van der Waals surface area contributed by atoms with Gasteiger partial charge in [0.1, 0.15) is 0 Å². The molecule has 0 aromatic rings. The summed E-state index contributed by atoms with van der Waals surface area (Å²) in [5, 5.41) is 13.7. The molecule has 2 nitrogen and oxygen atoms in total. The van der Waals surface area contributed by atoms with Crippen LogP contribution in [0.15, 0.2) is 0 Å². The van der Waals surface area contributed by atoms with E-state index in [1.54, 1.807) is 0 Å². The summed E-state index contributed by atoms with van der Waals surface area (Å²) in [6, 6.07) is 0. The Morgan fingerprint density at radius 3 is 1.00 bits per heavy atom. The number of nitrogens with one attached hydrogen (secondary N) is 1. The lowest BCUT2D eigenvalue weighted by Gasteiger charge is -2.11. The molecular formula is C34H71NO. The van der Waals surface area contributed by atoms with Gasteiger partial charge in [-0.1, -0.05) is 187 Å². The second-order valence-corrected chi connectivity index (χ2v) is 11.8. The molecule has 0 bridgehead atoms. The number of aliphatic hydroxyl groups excluding tert-OH is 1. The molecule has 0 aliphatic rings. The van der Waals surface area contributed by atoms with Crippen LogP contribution in [0.5, 0.6) is 0 Å². The third-order valence-electron chi connectivity index (χ3n) is 7.98. The summed E-state index contributed by atoms with van der Waals surface area (Å²) in [6.45, 7) is 6.45. The van der Waals surface area contributed by atoms with Crippen LogP contribution in [0, 0.1) is 0 Å². The van der Waals surface area contributed by atoms with E-state index in [0.717, 1.165) is 19.5 Å². The predicted octanol–water partition coefficient (Wildman–Crippen LogP) is 11.3. The number of unbranched alkanes of at least 4 members (excludes halogenated alkanes) is 26. The molecule has 0 aliphatic heterocycles. The van der Waals surface area contributed by atoms with Crippen LogP contribution in [-0.4, -0.2) is 24.3 Å². The maximum atomic E-state index is 10.2. The smallest absolute Gasteiger partial charge is 0.0664 e. The van der Waals surface area contributed by atoms with E-state index in [9.17, 15) is 5.11 Å². The molecule has 1 unspecified atom stereocenters. The molecule has 1 atom stereocenters. The van der Waals surface area contributed by atoms with E-state index in [-0.39, 0.29) is 6.10 Å². The van der Waals surface area contributed by atoms with Crippen molar-refractivity contribution in [2.24, 2.45) is 0 Å². The van der Waals surface area contributed by atoms with Gasteiger partial charge in [-0.3, -0.25) is 0 Å². The first-order valence-corrected chi connectivity index (χ1v) is 17.2. The van der Waals surface area contributed by atoms with Crippen molar-refractivity contribution in [3.63, 3.8) is 0 Å². The van der Waals surface area contributed by atoms with Crippen molar-refractivity contribution in [3.8, 4) is 0 Å². The number of hydrogen-bond acceptors (Lipinski definition) is 2. The lowest BCUT2D eigenvalue weighted by atomic mass is 10.0. The minimum Gasteiger partial charge on any atom is -0.392 e. The van der Waals surface area contributed by atoms with Crippen LogP contribution in [0.2, 0.25) is 0 Å². The molecule has 0 radical (unpaired) electrons. The van der Waals surface area contributed by atoms with Gasteiger partial charge < -0.3 is 10.4 Å². The highest BCUT2D eigenvalue weighted by Crippen LogP contribution is 2.14. The zero-order valence-electron chi connectivity index (χ0n) is 25.4. The van der Waals surface area contributed by atoms with Gasteiger partial charge in [-0.05, 0) is 19.4 Å². The lowest BCUT2D eigenvalue weighted by molar-refractivity contribution is 0.158. The average molecular weight is 510 g/mol.